The summed E-state index contributed by atoms with van der Waals surface area (Å²) in [5, 5.41) is 28.0. The third-order valence-corrected chi connectivity index (χ3v) is 2.73. The molecule has 0 spiro atoms. The zero-order valence-electron chi connectivity index (χ0n) is 9.47. The van der Waals surface area contributed by atoms with E-state index < -0.39 is 37.2 Å². The molecule has 0 radical (unpaired) electrons. The Kier molecular flexibility index (Phi) is 3.93. The summed E-state index contributed by atoms with van der Waals surface area (Å²) in [6.45, 7) is -0.461. The normalized spacial score (nSPS) is 31.3. The number of benzene rings is 1. The van der Waals surface area contributed by atoms with Gasteiger partial charge < -0.3 is 24.8 Å². The van der Waals surface area contributed by atoms with Crippen LogP contribution in [0.2, 0.25) is 0 Å². The minimum Gasteiger partial charge on any atom is -0.429 e. The Morgan fingerprint density at radius 3 is 2.44 bits per heavy atom. The Balaban J connectivity index is 2.00. The predicted octanol–water partition coefficient (Wildman–Crippen LogP) is -0.718. The largest absolute Gasteiger partial charge is 0.429 e. The molecule has 1 aromatic rings. The van der Waals surface area contributed by atoms with Crippen molar-refractivity contribution in [1.82, 2.24) is 0 Å². The fourth-order valence-corrected chi connectivity index (χ4v) is 1.71. The van der Waals surface area contributed by atoms with E-state index in [-0.39, 0.29) is 0 Å². The lowest BCUT2D eigenvalue weighted by Crippen LogP contribution is -2.35. The molecule has 0 aromatic heterocycles. The van der Waals surface area contributed by atoms with Crippen molar-refractivity contribution in [3.05, 3.63) is 35.9 Å². The number of aliphatic hydroxyl groups is 3. The summed E-state index contributed by atoms with van der Waals surface area (Å²) in [6.07, 6.45) is -4.86. The van der Waals surface area contributed by atoms with E-state index in [0.29, 0.717) is 5.56 Å². The Hall–Kier alpha value is -1.47. The Labute approximate surface area is 103 Å². The van der Waals surface area contributed by atoms with Gasteiger partial charge >= 0.3 is 5.97 Å². The van der Waals surface area contributed by atoms with E-state index in [1.54, 1.807) is 30.3 Å². The summed E-state index contributed by atoms with van der Waals surface area (Å²) >= 11 is 0. The average Bonchev–Trinajstić information content (AvgIpc) is 2.67. The van der Waals surface area contributed by atoms with Crippen molar-refractivity contribution < 1.29 is 29.6 Å². The summed E-state index contributed by atoms with van der Waals surface area (Å²) < 4.78 is 9.96. The van der Waals surface area contributed by atoms with Crippen LogP contribution in [0, 0.1) is 0 Å². The molecule has 6 nitrogen and oxygen atoms in total. The van der Waals surface area contributed by atoms with Crippen LogP contribution in [-0.4, -0.2) is 52.5 Å². The van der Waals surface area contributed by atoms with Crippen LogP contribution in [-0.2, 0) is 9.47 Å². The molecular formula is C12H14O6. The second-order valence-electron chi connectivity index (χ2n) is 3.98. The maximum atomic E-state index is 11.7. The number of hydrogen-bond donors (Lipinski definition) is 3. The number of rotatable bonds is 3. The van der Waals surface area contributed by atoms with Crippen LogP contribution in [0.3, 0.4) is 0 Å². The molecule has 1 aliphatic rings. The lowest BCUT2D eigenvalue weighted by molar-refractivity contribution is -0.139. The first-order valence-electron chi connectivity index (χ1n) is 5.52. The lowest BCUT2D eigenvalue weighted by Gasteiger charge is -2.15. The topological polar surface area (TPSA) is 96.2 Å². The first-order valence-corrected chi connectivity index (χ1v) is 5.52. The summed E-state index contributed by atoms with van der Waals surface area (Å²) in [4.78, 5) is 11.7. The quantitative estimate of drug-likeness (QED) is 0.616. The van der Waals surface area contributed by atoms with Crippen LogP contribution in [0.5, 0.6) is 0 Å². The fraction of sp³-hybridized carbons (Fsp3) is 0.417. The lowest BCUT2D eigenvalue weighted by atomic mass is 10.1. The predicted molar refractivity (Wildman–Crippen MR) is 59.6 cm³/mol. The molecule has 1 aliphatic heterocycles. The van der Waals surface area contributed by atoms with E-state index in [2.05, 4.69) is 0 Å². The highest BCUT2D eigenvalue weighted by atomic mass is 16.7. The molecule has 1 heterocycles. The molecule has 0 bridgehead atoms. The van der Waals surface area contributed by atoms with E-state index in [4.69, 9.17) is 14.6 Å². The van der Waals surface area contributed by atoms with Gasteiger partial charge in [-0.25, -0.2) is 4.79 Å². The fourth-order valence-electron chi connectivity index (χ4n) is 1.71. The van der Waals surface area contributed by atoms with Gasteiger partial charge in [0.2, 0.25) is 6.29 Å². The summed E-state index contributed by atoms with van der Waals surface area (Å²) in [7, 11) is 0. The van der Waals surface area contributed by atoms with Crippen LogP contribution in [0.1, 0.15) is 10.4 Å². The zero-order chi connectivity index (χ0) is 13.1. The molecule has 4 atom stereocenters. The van der Waals surface area contributed by atoms with E-state index in [9.17, 15) is 15.0 Å². The third kappa shape index (κ3) is 2.51. The van der Waals surface area contributed by atoms with Crippen LogP contribution in [0.4, 0.5) is 0 Å². The van der Waals surface area contributed by atoms with Gasteiger partial charge in [-0.3, -0.25) is 0 Å². The van der Waals surface area contributed by atoms with Crippen molar-refractivity contribution in [1.29, 1.82) is 0 Å². The van der Waals surface area contributed by atoms with Gasteiger partial charge in [-0.05, 0) is 12.1 Å². The van der Waals surface area contributed by atoms with Crippen LogP contribution in [0.15, 0.2) is 30.3 Å². The van der Waals surface area contributed by atoms with Crippen LogP contribution in [0.25, 0.3) is 0 Å². The van der Waals surface area contributed by atoms with Gasteiger partial charge in [0.05, 0.1) is 12.2 Å². The number of hydrogen-bond acceptors (Lipinski definition) is 6. The molecule has 3 N–H and O–H groups in total. The molecule has 1 fully saturated rings. The molecule has 1 saturated heterocycles. The highest BCUT2D eigenvalue weighted by Gasteiger charge is 2.44. The van der Waals surface area contributed by atoms with Gasteiger partial charge in [0.15, 0.2) is 0 Å². The van der Waals surface area contributed by atoms with E-state index in [0.717, 1.165) is 0 Å². The molecule has 0 saturated carbocycles. The monoisotopic (exact) mass is 254 g/mol. The zero-order valence-corrected chi connectivity index (χ0v) is 9.47. The maximum absolute atomic E-state index is 11.7. The minimum atomic E-state index is -1.37. The van der Waals surface area contributed by atoms with Gasteiger partial charge in [-0.2, -0.15) is 0 Å². The van der Waals surface area contributed by atoms with Crippen LogP contribution >= 0.6 is 0 Å². The van der Waals surface area contributed by atoms with Crippen molar-refractivity contribution >= 4 is 5.97 Å². The Morgan fingerprint density at radius 2 is 1.89 bits per heavy atom. The van der Waals surface area contributed by atoms with E-state index in [1.165, 1.54) is 0 Å². The molecule has 0 unspecified atom stereocenters. The molecule has 0 amide bonds. The number of aliphatic hydroxyl groups excluding tert-OH is 3. The van der Waals surface area contributed by atoms with Crippen molar-refractivity contribution in [2.24, 2.45) is 0 Å². The first-order chi connectivity index (χ1) is 8.63. The summed E-state index contributed by atoms with van der Waals surface area (Å²) in [5.74, 6) is -0.662. The number of esters is 1. The Bertz CT molecular complexity index is 406. The van der Waals surface area contributed by atoms with Gasteiger partial charge in [0.1, 0.15) is 18.3 Å². The van der Waals surface area contributed by atoms with Gasteiger partial charge in [-0.15, -0.1) is 0 Å². The van der Waals surface area contributed by atoms with Gasteiger partial charge in [0, 0.05) is 0 Å². The summed E-state index contributed by atoms with van der Waals surface area (Å²) in [5.41, 5.74) is 0.315. The van der Waals surface area contributed by atoms with Crippen molar-refractivity contribution in [3.8, 4) is 0 Å². The molecule has 98 valence electrons. The summed E-state index contributed by atoms with van der Waals surface area (Å²) in [6, 6.07) is 8.22. The van der Waals surface area contributed by atoms with Gasteiger partial charge in [-0.1, -0.05) is 18.2 Å². The Morgan fingerprint density at radius 1 is 1.22 bits per heavy atom. The van der Waals surface area contributed by atoms with Crippen molar-refractivity contribution in [2.75, 3.05) is 6.61 Å². The van der Waals surface area contributed by atoms with Crippen molar-refractivity contribution in [3.63, 3.8) is 0 Å². The van der Waals surface area contributed by atoms with Gasteiger partial charge in [0.25, 0.3) is 0 Å². The van der Waals surface area contributed by atoms with E-state index in [1.807, 2.05) is 0 Å². The average molecular weight is 254 g/mol. The first kappa shape index (κ1) is 13.0. The van der Waals surface area contributed by atoms with Crippen molar-refractivity contribution in [2.45, 2.75) is 24.6 Å². The van der Waals surface area contributed by atoms with E-state index >= 15 is 0 Å². The molecule has 0 aliphatic carbocycles. The number of carbonyl (C=O) groups is 1. The molecule has 18 heavy (non-hydrogen) atoms. The smallest absolute Gasteiger partial charge is 0.340 e. The second kappa shape index (κ2) is 5.45. The SMILES string of the molecule is O=C(O[C@H]1O[C@H](CO)[C@@H](O)[C@@H]1O)c1ccccc1. The highest BCUT2D eigenvalue weighted by molar-refractivity contribution is 5.89. The number of ether oxygens (including phenoxy) is 2. The molecule has 6 heteroatoms. The third-order valence-electron chi connectivity index (χ3n) is 2.73. The maximum Gasteiger partial charge on any atom is 0.340 e. The molecule has 2 rings (SSSR count). The minimum absolute atomic E-state index is 0.315. The molecular weight excluding hydrogens is 240 g/mol. The second-order valence-corrected chi connectivity index (χ2v) is 3.98. The number of carbonyl (C=O) groups excluding carboxylic acids is 1. The molecule has 1 aromatic carbocycles. The highest BCUT2D eigenvalue weighted by Crippen LogP contribution is 2.22. The van der Waals surface area contributed by atoms with Crippen LogP contribution < -0.4 is 0 Å². The standard InChI is InChI=1S/C12H14O6/c13-6-8-9(14)10(15)12(17-8)18-11(16)7-4-2-1-3-5-7/h1-5,8-10,12-15H,6H2/t8-,9-,10+,12-/m1/s1.